The summed E-state index contributed by atoms with van der Waals surface area (Å²) in [6, 6.07) is 0.192. The zero-order valence-electron chi connectivity index (χ0n) is 9.94. The molecule has 1 atom stereocenters. The van der Waals surface area contributed by atoms with E-state index in [-0.39, 0.29) is 6.04 Å². The first-order chi connectivity index (χ1) is 7.72. The van der Waals surface area contributed by atoms with E-state index in [4.69, 9.17) is 10.6 Å². The highest BCUT2D eigenvalue weighted by Gasteiger charge is 2.26. The Kier molecular flexibility index (Phi) is 3.58. The summed E-state index contributed by atoms with van der Waals surface area (Å²) >= 11 is 0. The highest BCUT2D eigenvalue weighted by Crippen LogP contribution is 2.30. The Bertz CT molecular complexity index is 344. The van der Waals surface area contributed by atoms with Crippen LogP contribution in [-0.2, 0) is 11.8 Å². The Morgan fingerprint density at radius 1 is 1.56 bits per heavy atom. The molecule has 1 fully saturated rings. The standard InChI is InChI=1S/C11H20N4O/c1-8-10(7-15(2)14-8)11(13-12)9-3-5-16-6-4-9/h7,9,11,13H,3-6,12H2,1-2H3. The third-order valence-electron chi connectivity index (χ3n) is 3.30. The van der Waals surface area contributed by atoms with E-state index in [0.29, 0.717) is 5.92 Å². The van der Waals surface area contributed by atoms with Gasteiger partial charge in [-0.05, 0) is 25.7 Å². The molecule has 0 radical (unpaired) electrons. The largest absolute Gasteiger partial charge is 0.381 e. The van der Waals surface area contributed by atoms with Crippen LogP contribution in [0.1, 0.15) is 30.1 Å². The summed E-state index contributed by atoms with van der Waals surface area (Å²) in [5, 5.41) is 4.36. The van der Waals surface area contributed by atoms with Crippen LogP contribution in [0.2, 0.25) is 0 Å². The molecule has 0 spiro atoms. The first-order valence-corrected chi connectivity index (χ1v) is 5.76. The monoisotopic (exact) mass is 224 g/mol. The summed E-state index contributed by atoms with van der Waals surface area (Å²) < 4.78 is 7.22. The molecule has 1 saturated heterocycles. The van der Waals surface area contributed by atoms with Gasteiger partial charge >= 0.3 is 0 Å². The summed E-state index contributed by atoms with van der Waals surface area (Å²) in [6.45, 7) is 3.70. The van der Waals surface area contributed by atoms with Gasteiger partial charge in [0.05, 0.1) is 11.7 Å². The number of hydrogen-bond donors (Lipinski definition) is 2. The number of aryl methyl sites for hydroxylation is 2. The first kappa shape index (κ1) is 11.6. The van der Waals surface area contributed by atoms with Crippen molar-refractivity contribution in [1.29, 1.82) is 0 Å². The van der Waals surface area contributed by atoms with Gasteiger partial charge in [-0.25, -0.2) is 0 Å². The quantitative estimate of drug-likeness (QED) is 0.585. The second kappa shape index (κ2) is 4.95. The van der Waals surface area contributed by atoms with Crippen LogP contribution in [0.3, 0.4) is 0 Å². The number of ether oxygens (including phenoxy) is 1. The van der Waals surface area contributed by atoms with Gasteiger partial charge in [0.2, 0.25) is 0 Å². The molecule has 16 heavy (non-hydrogen) atoms. The van der Waals surface area contributed by atoms with Gasteiger partial charge in [0.15, 0.2) is 0 Å². The molecule has 1 unspecified atom stereocenters. The van der Waals surface area contributed by atoms with Crippen LogP contribution < -0.4 is 11.3 Å². The Hall–Kier alpha value is -0.910. The van der Waals surface area contributed by atoms with Gasteiger partial charge in [-0.3, -0.25) is 16.0 Å². The van der Waals surface area contributed by atoms with Crippen LogP contribution in [0.5, 0.6) is 0 Å². The van der Waals surface area contributed by atoms with Crippen molar-refractivity contribution in [3.8, 4) is 0 Å². The molecule has 1 aromatic rings. The molecule has 3 N–H and O–H groups in total. The van der Waals surface area contributed by atoms with Gasteiger partial charge < -0.3 is 4.74 Å². The van der Waals surface area contributed by atoms with Gasteiger partial charge in [-0.2, -0.15) is 5.10 Å². The third-order valence-corrected chi connectivity index (χ3v) is 3.30. The minimum Gasteiger partial charge on any atom is -0.381 e. The van der Waals surface area contributed by atoms with E-state index < -0.39 is 0 Å². The molecule has 5 nitrogen and oxygen atoms in total. The molecule has 1 aliphatic heterocycles. The predicted octanol–water partition coefficient (Wildman–Crippen LogP) is 0.660. The maximum absolute atomic E-state index is 5.69. The highest BCUT2D eigenvalue weighted by molar-refractivity contribution is 5.20. The van der Waals surface area contributed by atoms with E-state index in [2.05, 4.69) is 16.7 Å². The zero-order valence-corrected chi connectivity index (χ0v) is 9.94. The van der Waals surface area contributed by atoms with Crippen LogP contribution in [-0.4, -0.2) is 23.0 Å². The van der Waals surface area contributed by atoms with Crippen molar-refractivity contribution in [3.05, 3.63) is 17.5 Å². The second-order valence-corrected chi connectivity index (χ2v) is 4.44. The molecule has 0 aromatic carbocycles. The van der Waals surface area contributed by atoms with Crippen LogP contribution in [0.15, 0.2) is 6.20 Å². The molecule has 5 heteroatoms. The topological polar surface area (TPSA) is 65.1 Å². The summed E-state index contributed by atoms with van der Waals surface area (Å²) in [5.41, 5.74) is 5.19. The van der Waals surface area contributed by atoms with Crippen molar-refractivity contribution in [1.82, 2.24) is 15.2 Å². The highest BCUT2D eigenvalue weighted by atomic mass is 16.5. The molecule has 2 rings (SSSR count). The molecule has 1 aliphatic rings. The lowest BCUT2D eigenvalue weighted by atomic mass is 9.88. The Morgan fingerprint density at radius 2 is 2.25 bits per heavy atom. The summed E-state index contributed by atoms with van der Waals surface area (Å²) in [4.78, 5) is 0. The third kappa shape index (κ3) is 2.26. The summed E-state index contributed by atoms with van der Waals surface area (Å²) in [7, 11) is 1.94. The number of aromatic nitrogens is 2. The lowest BCUT2D eigenvalue weighted by Gasteiger charge is -2.29. The Morgan fingerprint density at radius 3 is 2.75 bits per heavy atom. The van der Waals surface area contributed by atoms with Gasteiger partial charge in [0.1, 0.15) is 0 Å². The fourth-order valence-electron chi connectivity index (χ4n) is 2.45. The lowest BCUT2D eigenvalue weighted by molar-refractivity contribution is 0.0535. The van der Waals surface area contributed by atoms with E-state index in [0.717, 1.165) is 31.7 Å². The molecule has 1 aromatic heterocycles. The maximum Gasteiger partial charge on any atom is 0.0642 e. The van der Waals surface area contributed by atoms with Crippen LogP contribution in [0.25, 0.3) is 0 Å². The van der Waals surface area contributed by atoms with Crippen molar-refractivity contribution in [2.45, 2.75) is 25.8 Å². The average molecular weight is 224 g/mol. The van der Waals surface area contributed by atoms with E-state index >= 15 is 0 Å². The Balaban J connectivity index is 2.17. The summed E-state index contributed by atoms with van der Waals surface area (Å²) in [5.74, 6) is 6.23. The molecule has 0 bridgehead atoms. The lowest BCUT2D eigenvalue weighted by Crippen LogP contribution is -2.36. The summed E-state index contributed by atoms with van der Waals surface area (Å²) in [6.07, 6.45) is 4.17. The maximum atomic E-state index is 5.69. The minimum absolute atomic E-state index is 0.192. The number of hydrogen-bond acceptors (Lipinski definition) is 4. The van der Waals surface area contributed by atoms with Crippen LogP contribution in [0.4, 0.5) is 0 Å². The van der Waals surface area contributed by atoms with Gasteiger partial charge in [-0.1, -0.05) is 0 Å². The average Bonchev–Trinajstić information content (AvgIpc) is 2.61. The second-order valence-electron chi connectivity index (χ2n) is 4.44. The smallest absolute Gasteiger partial charge is 0.0642 e. The normalized spacial score (nSPS) is 19.9. The van der Waals surface area contributed by atoms with Gasteiger partial charge in [0.25, 0.3) is 0 Å². The molecule has 90 valence electrons. The van der Waals surface area contributed by atoms with E-state index in [9.17, 15) is 0 Å². The van der Waals surface area contributed by atoms with Gasteiger partial charge in [0, 0.05) is 32.0 Å². The number of nitrogens with one attached hydrogen (secondary N) is 1. The zero-order chi connectivity index (χ0) is 11.5. The van der Waals surface area contributed by atoms with Crippen LogP contribution >= 0.6 is 0 Å². The van der Waals surface area contributed by atoms with E-state index in [1.165, 1.54) is 5.56 Å². The number of nitrogens with zero attached hydrogens (tertiary/aromatic N) is 2. The van der Waals surface area contributed by atoms with Crippen molar-refractivity contribution in [2.24, 2.45) is 18.8 Å². The van der Waals surface area contributed by atoms with Gasteiger partial charge in [-0.15, -0.1) is 0 Å². The fourth-order valence-corrected chi connectivity index (χ4v) is 2.45. The molecular weight excluding hydrogens is 204 g/mol. The predicted molar refractivity (Wildman–Crippen MR) is 61.6 cm³/mol. The van der Waals surface area contributed by atoms with Crippen molar-refractivity contribution in [2.75, 3.05) is 13.2 Å². The molecular formula is C11H20N4O. The Labute approximate surface area is 95.9 Å². The van der Waals surface area contributed by atoms with E-state index in [1.54, 1.807) is 0 Å². The molecule has 0 aliphatic carbocycles. The minimum atomic E-state index is 0.192. The van der Waals surface area contributed by atoms with E-state index in [1.807, 2.05) is 18.7 Å². The van der Waals surface area contributed by atoms with Crippen molar-refractivity contribution in [3.63, 3.8) is 0 Å². The van der Waals surface area contributed by atoms with Crippen molar-refractivity contribution < 1.29 is 4.74 Å². The number of rotatable bonds is 3. The number of hydrazine groups is 1. The van der Waals surface area contributed by atoms with Crippen LogP contribution in [0, 0.1) is 12.8 Å². The van der Waals surface area contributed by atoms with Crippen molar-refractivity contribution >= 4 is 0 Å². The molecule has 0 saturated carbocycles. The molecule has 2 heterocycles. The number of nitrogens with two attached hydrogens (primary N) is 1. The molecule has 0 amide bonds. The fraction of sp³-hybridized carbons (Fsp3) is 0.727. The first-order valence-electron chi connectivity index (χ1n) is 5.76. The SMILES string of the molecule is Cc1nn(C)cc1C(NN)C1CCOCC1.